The van der Waals surface area contributed by atoms with Gasteiger partial charge in [0.25, 0.3) is 5.91 Å². The quantitative estimate of drug-likeness (QED) is 0.832. The largest absolute Gasteiger partial charge is 0.482 e. The Hall–Kier alpha value is -1.42. The van der Waals surface area contributed by atoms with Gasteiger partial charge in [-0.3, -0.25) is 4.79 Å². The van der Waals surface area contributed by atoms with Gasteiger partial charge in [-0.1, -0.05) is 46.9 Å². The zero-order valence-electron chi connectivity index (χ0n) is 11.6. The van der Waals surface area contributed by atoms with E-state index in [9.17, 15) is 4.79 Å². The van der Waals surface area contributed by atoms with Crippen molar-refractivity contribution >= 4 is 40.7 Å². The summed E-state index contributed by atoms with van der Waals surface area (Å²) in [7, 11) is 0. The molecule has 2 aromatic rings. The van der Waals surface area contributed by atoms with Crippen molar-refractivity contribution in [2.75, 3.05) is 13.2 Å². The fourth-order valence-corrected chi connectivity index (χ4v) is 2.37. The van der Waals surface area contributed by atoms with Gasteiger partial charge in [-0.25, -0.2) is 0 Å². The maximum atomic E-state index is 11.7. The average Bonchev–Trinajstić information content (AvgIpc) is 2.48. The molecule has 0 heterocycles. The van der Waals surface area contributed by atoms with Gasteiger partial charge in [0.15, 0.2) is 6.61 Å². The summed E-state index contributed by atoms with van der Waals surface area (Å²) in [5, 5.41) is 4.37. The summed E-state index contributed by atoms with van der Waals surface area (Å²) >= 11 is 17.6. The third-order valence-corrected chi connectivity index (χ3v) is 3.68. The second-order valence-electron chi connectivity index (χ2n) is 4.59. The van der Waals surface area contributed by atoms with Crippen LogP contribution in [0.4, 0.5) is 0 Å². The normalized spacial score (nSPS) is 10.3. The molecule has 3 nitrogen and oxygen atoms in total. The number of carbonyl (C=O) groups excluding carboxylic acids is 1. The van der Waals surface area contributed by atoms with Crippen LogP contribution in [0.25, 0.3) is 0 Å². The molecule has 0 bridgehead atoms. The van der Waals surface area contributed by atoms with Crippen molar-refractivity contribution in [1.29, 1.82) is 0 Å². The number of benzene rings is 2. The van der Waals surface area contributed by atoms with E-state index in [1.165, 1.54) is 0 Å². The van der Waals surface area contributed by atoms with Gasteiger partial charge in [-0.15, -0.1) is 0 Å². The van der Waals surface area contributed by atoms with E-state index < -0.39 is 0 Å². The molecule has 2 aromatic carbocycles. The highest BCUT2D eigenvalue weighted by Crippen LogP contribution is 2.27. The zero-order chi connectivity index (χ0) is 15.9. The average molecular weight is 359 g/mol. The molecule has 1 N–H and O–H groups in total. The molecule has 22 heavy (non-hydrogen) atoms. The van der Waals surface area contributed by atoms with E-state index in [1.807, 2.05) is 24.3 Å². The standard InChI is InChI=1S/C16H14Cl3NO2/c17-12-3-1-11(2-4-12)7-8-20-16(21)10-22-15-6-5-13(18)9-14(15)19/h1-6,9H,7-8,10H2,(H,20,21). The van der Waals surface area contributed by atoms with Crippen LogP contribution in [-0.2, 0) is 11.2 Å². The Bertz CT molecular complexity index is 644. The molecule has 2 rings (SSSR count). The van der Waals surface area contributed by atoms with Crippen LogP contribution in [0.2, 0.25) is 15.1 Å². The summed E-state index contributed by atoms with van der Waals surface area (Å²) in [6, 6.07) is 12.4. The molecule has 0 fully saturated rings. The highest BCUT2D eigenvalue weighted by Gasteiger charge is 2.06. The lowest BCUT2D eigenvalue weighted by molar-refractivity contribution is -0.123. The predicted molar refractivity (Wildman–Crippen MR) is 90.1 cm³/mol. The van der Waals surface area contributed by atoms with Crippen molar-refractivity contribution < 1.29 is 9.53 Å². The summed E-state index contributed by atoms with van der Waals surface area (Å²) in [6.07, 6.45) is 0.727. The summed E-state index contributed by atoms with van der Waals surface area (Å²) < 4.78 is 5.35. The number of ether oxygens (including phenoxy) is 1. The smallest absolute Gasteiger partial charge is 0.257 e. The predicted octanol–water partition coefficient (Wildman–Crippen LogP) is 4.38. The maximum Gasteiger partial charge on any atom is 0.257 e. The molecule has 0 atom stereocenters. The van der Waals surface area contributed by atoms with Gasteiger partial charge < -0.3 is 10.1 Å². The van der Waals surface area contributed by atoms with Crippen LogP contribution in [-0.4, -0.2) is 19.1 Å². The van der Waals surface area contributed by atoms with Gasteiger partial charge in [0.2, 0.25) is 0 Å². The first-order valence-electron chi connectivity index (χ1n) is 6.63. The van der Waals surface area contributed by atoms with Gasteiger partial charge in [0.1, 0.15) is 5.75 Å². The van der Waals surface area contributed by atoms with Crippen LogP contribution < -0.4 is 10.1 Å². The van der Waals surface area contributed by atoms with Crippen molar-refractivity contribution in [2.45, 2.75) is 6.42 Å². The van der Waals surface area contributed by atoms with Crippen molar-refractivity contribution in [3.05, 3.63) is 63.1 Å². The van der Waals surface area contributed by atoms with Gasteiger partial charge in [-0.05, 0) is 42.3 Å². The third-order valence-electron chi connectivity index (χ3n) is 2.90. The molecule has 0 saturated carbocycles. The zero-order valence-corrected chi connectivity index (χ0v) is 13.9. The van der Waals surface area contributed by atoms with Crippen molar-refractivity contribution in [1.82, 2.24) is 5.32 Å². The molecular formula is C16H14Cl3NO2. The Kier molecular flexibility index (Phi) is 6.37. The molecule has 0 aliphatic rings. The molecule has 0 aromatic heterocycles. The molecule has 6 heteroatoms. The number of hydrogen-bond donors (Lipinski definition) is 1. The highest BCUT2D eigenvalue weighted by molar-refractivity contribution is 6.35. The molecule has 0 aliphatic heterocycles. The van der Waals surface area contributed by atoms with E-state index in [1.54, 1.807) is 18.2 Å². The number of carbonyl (C=O) groups is 1. The van der Waals surface area contributed by atoms with Gasteiger partial charge in [-0.2, -0.15) is 0 Å². The Labute approximate surface area is 144 Å². The summed E-state index contributed by atoms with van der Waals surface area (Å²) in [5.74, 6) is 0.221. The number of hydrogen-bond acceptors (Lipinski definition) is 2. The first-order valence-corrected chi connectivity index (χ1v) is 7.77. The van der Waals surface area contributed by atoms with Gasteiger partial charge >= 0.3 is 0 Å². The first-order chi connectivity index (χ1) is 10.5. The van der Waals surface area contributed by atoms with Crippen LogP contribution in [0.15, 0.2) is 42.5 Å². The Morgan fingerprint density at radius 3 is 2.36 bits per heavy atom. The molecule has 0 saturated heterocycles. The lowest BCUT2D eigenvalue weighted by Crippen LogP contribution is -2.30. The van der Waals surface area contributed by atoms with E-state index in [0.29, 0.717) is 27.4 Å². The van der Waals surface area contributed by atoms with Crippen LogP contribution in [0, 0.1) is 0 Å². The fourth-order valence-electron chi connectivity index (χ4n) is 1.78. The number of amides is 1. The molecule has 0 aliphatic carbocycles. The molecular weight excluding hydrogens is 345 g/mol. The van der Waals surface area contributed by atoms with E-state index in [2.05, 4.69) is 5.32 Å². The Morgan fingerprint density at radius 1 is 1.00 bits per heavy atom. The van der Waals surface area contributed by atoms with Gasteiger partial charge in [0, 0.05) is 16.6 Å². The van der Waals surface area contributed by atoms with Crippen molar-refractivity contribution in [3.8, 4) is 5.75 Å². The highest BCUT2D eigenvalue weighted by atomic mass is 35.5. The number of rotatable bonds is 6. The van der Waals surface area contributed by atoms with Crippen molar-refractivity contribution in [2.24, 2.45) is 0 Å². The monoisotopic (exact) mass is 357 g/mol. The van der Waals surface area contributed by atoms with E-state index in [-0.39, 0.29) is 12.5 Å². The Balaban J connectivity index is 1.72. The molecule has 0 unspecified atom stereocenters. The number of halogens is 3. The van der Waals surface area contributed by atoms with Crippen molar-refractivity contribution in [3.63, 3.8) is 0 Å². The second-order valence-corrected chi connectivity index (χ2v) is 5.87. The lowest BCUT2D eigenvalue weighted by atomic mass is 10.1. The summed E-state index contributed by atoms with van der Waals surface area (Å²) in [5.41, 5.74) is 1.10. The van der Waals surface area contributed by atoms with Crippen LogP contribution in [0.3, 0.4) is 0 Å². The first kappa shape index (κ1) is 16.9. The maximum absolute atomic E-state index is 11.7. The Morgan fingerprint density at radius 2 is 1.68 bits per heavy atom. The number of nitrogens with one attached hydrogen (secondary N) is 1. The van der Waals surface area contributed by atoms with Crippen LogP contribution >= 0.6 is 34.8 Å². The van der Waals surface area contributed by atoms with Crippen LogP contribution in [0.5, 0.6) is 5.75 Å². The topological polar surface area (TPSA) is 38.3 Å². The summed E-state index contributed by atoms with van der Waals surface area (Å²) in [4.78, 5) is 11.7. The minimum absolute atomic E-state index is 0.0953. The summed E-state index contributed by atoms with van der Waals surface area (Å²) in [6.45, 7) is 0.431. The molecule has 0 radical (unpaired) electrons. The minimum atomic E-state index is -0.208. The second kappa shape index (κ2) is 8.28. The molecule has 0 spiro atoms. The molecule has 116 valence electrons. The SMILES string of the molecule is O=C(COc1ccc(Cl)cc1Cl)NCCc1ccc(Cl)cc1. The minimum Gasteiger partial charge on any atom is -0.482 e. The van der Waals surface area contributed by atoms with E-state index in [0.717, 1.165) is 12.0 Å². The van der Waals surface area contributed by atoms with Crippen LogP contribution in [0.1, 0.15) is 5.56 Å². The van der Waals surface area contributed by atoms with E-state index in [4.69, 9.17) is 39.5 Å². The lowest BCUT2D eigenvalue weighted by Gasteiger charge is -2.09. The molecule has 1 amide bonds. The van der Waals surface area contributed by atoms with E-state index >= 15 is 0 Å². The van der Waals surface area contributed by atoms with Gasteiger partial charge in [0.05, 0.1) is 5.02 Å². The fraction of sp³-hybridized carbons (Fsp3) is 0.188. The third kappa shape index (κ3) is 5.41.